The molecule has 0 unspecified atom stereocenters. The van der Waals surface area contributed by atoms with Gasteiger partial charge in [0.25, 0.3) is 0 Å². The summed E-state index contributed by atoms with van der Waals surface area (Å²) in [4.78, 5) is 31.1. The summed E-state index contributed by atoms with van der Waals surface area (Å²) in [5.74, 6) is -1.95. The van der Waals surface area contributed by atoms with Gasteiger partial charge < -0.3 is 15.3 Å². The van der Waals surface area contributed by atoms with Gasteiger partial charge >= 0.3 is 64.6 Å². The normalized spacial score (nSPS) is 10.9. The van der Waals surface area contributed by atoms with Gasteiger partial charge in [0, 0.05) is 19.3 Å². The van der Waals surface area contributed by atoms with Gasteiger partial charge in [-0.1, -0.05) is 367 Å². The molecule has 3 radical (unpaired) electrons. The topological polar surface area (TPSA) is 112 Å². The monoisotopic (exact) mass is 1200 g/mol. The molecule has 0 aromatic heterocycles. The molecule has 0 amide bonds. The molecule has 0 rings (SSSR count). The van der Waals surface area contributed by atoms with Crippen LogP contribution in [0, 0.1) is 0 Å². The third-order valence-electron chi connectivity index (χ3n) is 15.5. The molecular formula is C70H141O6Sn. The molecule has 0 aliphatic heterocycles. The van der Waals surface area contributed by atoms with Crippen molar-refractivity contribution in [2.24, 2.45) is 0 Å². The number of rotatable bonds is 62. The van der Waals surface area contributed by atoms with Gasteiger partial charge in [-0.2, -0.15) is 0 Å². The molecule has 0 aromatic carbocycles. The Morgan fingerprint density at radius 1 is 0.195 bits per heavy atom. The molecule has 0 saturated heterocycles. The number of carboxylic acid groups (broad SMARTS) is 3. The van der Waals surface area contributed by atoms with Crippen molar-refractivity contribution in [2.75, 3.05) is 0 Å². The van der Waals surface area contributed by atoms with Crippen LogP contribution >= 0.6 is 0 Å². The Labute approximate surface area is 497 Å². The van der Waals surface area contributed by atoms with Gasteiger partial charge in [0.05, 0.1) is 0 Å². The van der Waals surface area contributed by atoms with E-state index in [9.17, 15) is 14.4 Å². The summed E-state index contributed by atoms with van der Waals surface area (Å²) in [5, 5.41) is 25.7. The van der Waals surface area contributed by atoms with Crippen LogP contribution < -0.4 is 0 Å². The minimum absolute atomic E-state index is 0.346. The van der Waals surface area contributed by atoms with Crippen molar-refractivity contribution in [1.29, 1.82) is 0 Å². The van der Waals surface area contributed by atoms with Crippen LogP contribution in [0.2, 0.25) is 4.44 Å². The van der Waals surface area contributed by atoms with Gasteiger partial charge in [-0.3, -0.25) is 14.4 Å². The Morgan fingerprint density at radius 3 is 0.377 bits per heavy atom. The first-order valence-electron chi connectivity index (χ1n) is 35.0. The third-order valence-corrected chi connectivity index (χ3v) is 16.5. The van der Waals surface area contributed by atoms with Gasteiger partial charge in [0.15, 0.2) is 0 Å². The standard InChI is InChI=1S/3C22H44O2.C4H9.Sn/c3*1-2-3-4-5-6-7-8-9-10-11-12-13-14-15-16-17-18-19-20-21-22(23)24;1-3-4-2;/h3*2-21H2,1H3,(H,23,24);1,3-4H2,2H3;. The predicted octanol–water partition coefficient (Wildman–Crippen LogP) is 25.1. The van der Waals surface area contributed by atoms with E-state index in [1.54, 1.807) is 22.5 Å². The summed E-state index contributed by atoms with van der Waals surface area (Å²) >= 11 is 1.68. The molecule has 77 heavy (non-hydrogen) atoms. The fourth-order valence-electron chi connectivity index (χ4n) is 10.2. The van der Waals surface area contributed by atoms with E-state index in [1.165, 1.54) is 345 Å². The van der Waals surface area contributed by atoms with Crippen molar-refractivity contribution < 1.29 is 29.7 Å². The molecule has 7 heteroatoms. The first kappa shape index (κ1) is 82.7. The van der Waals surface area contributed by atoms with Crippen molar-refractivity contribution in [3.8, 4) is 0 Å². The van der Waals surface area contributed by atoms with Gasteiger partial charge in [0.2, 0.25) is 0 Å². The Kier molecular flexibility index (Phi) is 87.7. The molecule has 461 valence electrons. The van der Waals surface area contributed by atoms with E-state index in [2.05, 4.69) is 27.7 Å². The van der Waals surface area contributed by atoms with E-state index in [0.29, 0.717) is 19.3 Å². The van der Waals surface area contributed by atoms with Crippen LogP contribution in [0.5, 0.6) is 0 Å². The summed E-state index contributed by atoms with van der Waals surface area (Å²) < 4.78 is 1.43. The molecule has 0 heterocycles. The molecule has 0 atom stereocenters. The van der Waals surface area contributed by atoms with Crippen LogP contribution in [-0.2, 0) is 14.4 Å². The zero-order valence-electron chi connectivity index (χ0n) is 53.1. The summed E-state index contributed by atoms with van der Waals surface area (Å²) in [7, 11) is 0. The van der Waals surface area contributed by atoms with Crippen molar-refractivity contribution in [3.05, 3.63) is 0 Å². The minimum atomic E-state index is -0.651. The number of carboxylic acids is 3. The van der Waals surface area contributed by atoms with E-state index < -0.39 is 17.9 Å². The number of hydrogen-bond acceptors (Lipinski definition) is 3. The van der Waals surface area contributed by atoms with Crippen molar-refractivity contribution in [2.45, 2.75) is 430 Å². The van der Waals surface area contributed by atoms with Gasteiger partial charge in [-0.25, -0.2) is 0 Å². The number of unbranched alkanes of at least 4 members (excludes halogenated alkanes) is 55. The van der Waals surface area contributed by atoms with E-state index in [1.807, 2.05) is 0 Å². The number of aliphatic carboxylic acids is 3. The van der Waals surface area contributed by atoms with Gasteiger partial charge in [0.1, 0.15) is 0 Å². The molecule has 0 fully saturated rings. The zero-order valence-corrected chi connectivity index (χ0v) is 56.0. The fraction of sp³-hybridized carbons (Fsp3) is 0.957. The van der Waals surface area contributed by atoms with Crippen molar-refractivity contribution >= 4 is 40.4 Å². The first-order valence-corrected chi connectivity index (χ1v) is 37.0. The van der Waals surface area contributed by atoms with Crippen LogP contribution in [0.1, 0.15) is 426 Å². The van der Waals surface area contributed by atoms with Crippen LogP contribution in [0.15, 0.2) is 0 Å². The summed E-state index contributed by atoms with van der Waals surface area (Å²) in [5.41, 5.74) is 0. The second-order valence-electron chi connectivity index (χ2n) is 23.6. The molecule has 0 bridgehead atoms. The van der Waals surface area contributed by atoms with Crippen LogP contribution in [0.3, 0.4) is 0 Å². The summed E-state index contributed by atoms with van der Waals surface area (Å²) in [6.07, 6.45) is 81.1. The van der Waals surface area contributed by atoms with E-state index in [0.717, 1.165) is 38.5 Å². The third kappa shape index (κ3) is 97.8. The van der Waals surface area contributed by atoms with Gasteiger partial charge in [-0.05, 0) is 19.3 Å². The molecule has 0 spiro atoms. The Hall–Kier alpha value is -0.791. The first-order chi connectivity index (χ1) is 37.7. The maximum absolute atomic E-state index is 10.4. The Balaban J connectivity index is -0.000000495. The Bertz CT molecular complexity index is 927. The molecule has 0 aromatic rings. The predicted molar refractivity (Wildman–Crippen MR) is 342 cm³/mol. The Morgan fingerprint density at radius 2 is 0.299 bits per heavy atom. The van der Waals surface area contributed by atoms with Crippen molar-refractivity contribution in [3.63, 3.8) is 0 Å². The van der Waals surface area contributed by atoms with Crippen LogP contribution in [0.25, 0.3) is 0 Å². The molecule has 0 aliphatic rings. The second-order valence-corrected chi connectivity index (χ2v) is 25.1. The van der Waals surface area contributed by atoms with Crippen LogP contribution in [0.4, 0.5) is 0 Å². The SMILES string of the molecule is CCCCCCCCCCCCCCCCCCCCCC(=O)O.CCCCCCCCCCCCCCCCCCCCCC(=O)O.CCCCCCCCCCCCCCCCCCCCCC(=O)O.CCC[CH2][Sn]. The van der Waals surface area contributed by atoms with E-state index in [-0.39, 0.29) is 0 Å². The van der Waals surface area contributed by atoms with Crippen LogP contribution in [-0.4, -0.2) is 55.8 Å². The molecule has 0 saturated carbocycles. The van der Waals surface area contributed by atoms with E-state index >= 15 is 0 Å². The zero-order chi connectivity index (χ0) is 57.3. The van der Waals surface area contributed by atoms with Crippen molar-refractivity contribution in [1.82, 2.24) is 0 Å². The quantitative estimate of drug-likeness (QED) is 0.0413. The fourth-order valence-corrected chi connectivity index (χ4v) is 11.2. The number of carbonyl (C=O) groups is 3. The number of hydrogen-bond donors (Lipinski definition) is 3. The van der Waals surface area contributed by atoms with Gasteiger partial charge in [-0.15, -0.1) is 0 Å². The maximum atomic E-state index is 10.4. The molecule has 3 N–H and O–H groups in total. The summed E-state index contributed by atoms with van der Waals surface area (Å²) in [6.45, 7) is 9.07. The molecular weight excluding hydrogens is 1060 g/mol. The second kappa shape index (κ2) is 81.7. The van der Waals surface area contributed by atoms with E-state index in [4.69, 9.17) is 15.3 Å². The molecule has 0 aliphatic carbocycles. The molecule has 6 nitrogen and oxygen atoms in total. The average Bonchev–Trinajstić information content (AvgIpc) is 3.41. The summed E-state index contributed by atoms with van der Waals surface area (Å²) in [6, 6.07) is 0. The average molecular weight is 1200 g/mol.